The van der Waals surface area contributed by atoms with Gasteiger partial charge in [-0.05, 0) is 60.9 Å². The monoisotopic (exact) mass is 513 g/mol. The number of unbranched alkanes of at least 4 members (excludes halogenated alkanes) is 1. The van der Waals surface area contributed by atoms with Gasteiger partial charge in [-0.25, -0.2) is 0 Å². The summed E-state index contributed by atoms with van der Waals surface area (Å²) in [6, 6.07) is 17.2. The van der Waals surface area contributed by atoms with Crippen molar-refractivity contribution in [3.05, 3.63) is 69.7 Å². The Kier molecular flexibility index (Phi) is 9.60. The van der Waals surface area contributed by atoms with Crippen molar-refractivity contribution in [1.29, 1.82) is 5.26 Å². The molecule has 7 heteroatoms. The third-order valence-electron chi connectivity index (χ3n) is 6.95. The van der Waals surface area contributed by atoms with Crippen LogP contribution in [-0.4, -0.2) is 29.3 Å². The van der Waals surface area contributed by atoms with Crippen molar-refractivity contribution >= 4 is 35.0 Å². The predicted octanol–water partition coefficient (Wildman–Crippen LogP) is 6.28. The van der Waals surface area contributed by atoms with Gasteiger partial charge in [0, 0.05) is 29.6 Å². The first-order valence-electron chi connectivity index (χ1n) is 12.3. The summed E-state index contributed by atoms with van der Waals surface area (Å²) in [4.78, 5) is 27.5. The van der Waals surface area contributed by atoms with E-state index in [0.29, 0.717) is 48.8 Å². The van der Waals surface area contributed by atoms with E-state index < -0.39 is 11.5 Å². The third-order valence-corrected chi connectivity index (χ3v) is 7.39. The lowest BCUT2D eigenvalue weighted by atomic mass is 9.69. The smallest absolute Gasteiger partial charge is 0.243 e. The minimum atomic E-state index is -0.566. The topological polar surface area (TPSA) is 73.2 Å². The quantitative estimate of drug-likeness (QED) is 0.380. The van der Waals surface area contributed by atoms with Crippen LogP contribution < -0.4 is 5.32 Å². The maximum Gasteiger partial charge on any atom is 0.243 e. The van der Waals surface area contributed by atoms with E-state index in [2.05, 4.69) is 25.2 Å². The minimum absolute atomic E-state index is 0.000246. The van der Waals surface area contributed by atoms with Crippen LogP contribution >= 0.6 is 23.2 Å². The summed E-state index contributed by atoms with van der Waals surface area (Å²) in [7, 11) is 0. The maximum atomic E-state index is 13.0. The van der Waals surface area contributed by atoms with Crippen molar-refractivity contribution in [3.63, 3.8) is 0 Å². The Morgan fingerprint density at radius 2 is 1.83 bits per heavy atom. The minimum Gasteiger partial charge on any atom is -0.350 e. The Morgan fingerprint density at radius 3 is 2.46 bits per heavy atom. The molecule has 186 valence electrons. The number of halogens is 2. The number of hydrogen-bond acceptors (Lipinski definition) is 3. The number of nitrogens with zero attached hydrogens (tertiary/aromatic N) is 2. The van der Waals surface area contributed by atoms with Crippen molar-refractivity contribution in [1.82, 2.24) is 10.2 Å². The van der Waals surface area contributed by atoms with Gasteiger partial charge in [-0.2, -0.15) is 5.26 Å². The second kappa shape index (κ2) is 12.4. The fraction of sp³-hybridized carbons (Fsp3) is 0.464. The number of nitriles is 1. The molecule has 3 rings (SSSR count). The van der Waals surface area contributed by atoms with Gasteiger partial charge in [0.25, 0.3) is 0 Å². The molecule has 0 saturated carbocycles. The Hall–Kier alpha value is -2.55. The molecule has 0 aromatic heterocycles. The average Bonchev–Trinajstić information content (AvgIpc) is 3.33. The maximum absolute atomic E-state index is 13.0. The molecule has 1 N–H and O–H groups in total. The fourth-order valence-corrected chi connectivity index (χ4v) is 5.50. The lowest BCUT2D eigenvalue weighted by molar-refractivity contribution is -0.138. The molecule has 2 aromatic rings. The van der Waals surface area contributed by atoms with Crippen LogP contribution in [0.1, 0.15) is 63.5 Å². The molecule has 5 nitrogen and oxygen atoms in total. The summed E-state index contributed by atoms with van der Waals surface area (Å²) in [5.74, 6) is 0.00577. The van der Waals surface area contributed by atoms with E-state index in [9.17, 15) is 14.9 Å². The molecule has 1 aliphatic heterocycles. The lowest BCUT2D eigenvalue weighted by Crippen LogP contribution is -2.45. The first-order chi connectivity index (χ1) is 16.8. The highest BCUT2D eigenvalue weighted by atomic mass is 35.5. The van der Waals surface area contributed by atoms with Crippen LogP contribution in [-0.2, 0) is 21.5 Å². The molecule has 2 amide bonds. The van der Waals surface area contributed by atoms with E-state index in [1.54, 1.807) is 23.1 Å². The summed E-state index contributed by atoms with van der Waals surface area (Å²) >= 11 is 12.1. The van der Waals surface area contributed by atoms with E-state index in [-0.39, 0.29) is 17.7 Å². The molecular weight excluding hydrogens is 481 g/mol. The molecule has 35 heavy (non-hydrogen) atoms. The van der Waals surface area contributed by atoms with Crippen LogP contribution in [0.5, 0.6) is 0 Å². The molecule has 0 spiro atoms. The molecule has 2 aromatic carbocycles. The molecule has 0 aliphatic carbocycles. The summed E-state index contributed by atoms with van der Waals surface area (Å²) in [5, 5.41) is 14.0. The van der Waals surface area contributed by atoms with Crippen molar-refractivity contribution in [2.24, 2.45) is 5.92 Å². The highest BCUT2D eigenvalue weighted by molar-refractivity contribution is 6.34. The third kappa shape index (κ3) is 6.78. The number of rotatable bonds is 10. The molecule has 1 heterocycles. The standard InChI is InChI=1S/C28H33Cl2N3O2/c1-20(2)28(19-31,22-9-4-3-5-10-22)13-7-6-12-26(34)33-14-8-11-25(33)27(35)32-18-21-15-23(29)17-24(30)16-21/h3-5,9-10,15-17,20,25H,6-8,11-14,18H2,1-2H3,(H,32,35)/t25-,28+/m1/s1. The van der Waals surface area contributed by atoms with Crippen molar-refractivity contribution in [2.45, 2.75) is 70.4 Å². The average molecular weight is 514 g/mol. The van der Waals surface area contributed by atoms with E-state index in [0.717, 1.165) is 24.0 Å². The van der Waals surface area contributed by atoms with Crippen LogP contribution in [0.2, 0.25) is 10.0 Å². The van der Waals surface area contributed by atoms with Gasteiger partial charge in [0.2, 0.25) is 11.8 Å². The van der Waals surface area contributed by atoms with Gasteiger partial charge < -0.3 is 10.2 Å². The van der Waals surface area contributed by atoms with Gasteiger partial charge >= 0.3 is 0 Å². The SMILES string of the molecule is CC(C)[C@@](C#N)(CCCCC(=O)N1CCC[C@@H]1C(=O)NCc1cc(Cl)cc(Cl)c1)c1ccccc1. The first-order valence-corrected chi connectivity index (χ1v) is 13.0. The van der Waals surface area contributed by atoms with Crippen LogP contribution in [0, 0.1) is 17.2 Å². The zero-order chi connectivity index (χ0) is 25.4. The number of nitrogens with one attached hydrogen (secondary N) is 1. The second-order valence-corrected chi connectivity index (χ2v) is 10.4. The fourth-order valence-electron chi connectivity index (χ4n) is 4.93. The van der Waals surface area contributed by atoms with E-state index in [4.69, 9.17) is 23.2 Å². The number of benzene rings is 2. The normalized spacial score (nSPS) is 17.1. The molecular formula is C28H33Cl2N3O2. The van der Waals surface area contributed by atoms with Gasteiger partial charge in [0.15, 0.2) is 0 Å². The molecule has 0 radical (unpaired) electrons. The lowest BCUT2D eigenvalue weighted by Gasteiger charge is -2.31. The number of carbonyl (C=O) groups is 2. The van der Waals surface area contributed by atoms with Crippen molar-refractivity contribution < 1.29 is 9.59 Å². The highest BCUT2D eigenvalue weighted by Crippen LogP contribution is 2.37. The Bertz CT molecular complexity index is 1050. The molecule has 2 atom stereocenters. The van der Waals surface area contributed by atoms with Crippen LogP contribution in [0.4, 0.5) is 0 Å². The molecule has 1 saturated heterocycles. The Balaban J connectivity index is 1.52. The molecule has 0 unspecified atom stereocenters. The van der Waals surface area contributed by atoms with Gasteiger partial charge in [0.05, 0.1) is 11.5 Å². The summed E-state index contributed by atoms with van der Waals surface area (Å²) in [5.41, 5.74) is 1.28. The van der Waals surface area contributed by atoms with Gasteiger partial charge in [-0.3, -0.25) is 9.59 Å². The number of likely N-dealkylation sites (tertiary alicyclic amines) is 1. The van der Waals surface area contributed by atoms with Crippen molar-refractivity contribution in [2.75, 3.05) is 6.54 Å². The van der Waals surface area contributed by atoms with Gasteiger partial charge in [-0.1, -0.05) is 73.8 Å². The molecule has 1 aliphatic rings. The number of amides is 2. The predicted molar refractivity (Wildman–Crippen MR) is 140 cm³/mol. The number of hydrogen-bond donors (Lipinski definition) is 1. The molecule has 0 bridgehead atoms. The summed E-state index contributed by atoms with van der Waals surface area (Å²) in [6.45, 7) is 5.05. The zero-order valence-corrected chi connectivity index (χ0v) is 21.9. The highest BCUT2D eigenvalue weighted by Gasteiger charge is 2.36. The Morgan fingerprint density at radius 1 is 1.14 bits per heavy atom. The largest absolute Gasteiger partial charge is 0.350 e. The van der Waals surface area contributed by atoms with E-state index >= 15 is 0 Å². The zero-order valence-electron chi connectivity index (χ0n) is 20.4. The molecule has 1 fully saturated rings. The van der Waals surface area contributed by atoms with Crippen LogP contribution in [0.15, 0.2) is 48.5 Å². The van der Waals surface area contributed by atoms with Gasteiger partial charge in [-0.15, -0.1) is 0 Å². The van der Waals surface area contributed by atoms with Gasteiger partial charge in [0.1, 0.15) is 6.04 Å². The van der Waals surface area contributed by atoms with Crippen LogP contribution in [0.3, 0.4) is 0 Å². The summed E-state index contributed by atoms with van der Waals surface area (Å²) in [6.07, 6.45) is 4.01. The van der Waals surface area contributed by atoms with E-state index in [1.165, 1.54) is 0 Å². The summed E-state index contributed by atoms with van der Waals surface area (Å²) < 4.78 is 0. The second-order valence-electron chi connectivity index (χ2n) is 9.55. The number of carbonyl (C=O) groups excluding carboxylic acids is 2. The van der Waals surface area contributed by atoms with Crippen LogP contribution in [0.25, 0.3) is 0 Å². The van der Waals surface area contributed by atoms with E-state index in [1.807, 2.05) is 30.3 Å². The Labute approximate surface area is 218 Å². The van der Waals surface area contributed by atoms with Crippen molar-refractivity contribution in [3.8, 4) is 6.07 Å². The first kappa shape index (κ1) is 27.0.